The van der Waals surface area contributed by atoms with E-state index in [0.29, 0.717) is 12.2 Å². The van der Waals surface area contributed by atoms with Crippen LogP contribution in [-0.4, -0.2) is 37.2 Å². The van der Waals surface area contributed by atoms with Crippen molar-refractivity contribution in [1.82, 2.24) is 24.1 Å². The minimum absolute atomic E-state index is 0.0691. The highest BCUT2D eigenvalue weighted by Gasteiger charge is 2.20. The van der Waals surface area contributed by atoms with E-state index in [1.54, 1.807) is 15.3 Å². The van der Waals surface area contributed by atoms with E-state index in [9.17, 15) is 4.79 Å². The van der Waals surface area contributed by atoms with Gasteiger partial charge in [-0.05, 0) is 23.8 Å². The number of pyridine rings is 1. The number of rotatable bonds is 3. The average Bonchev–Trinajstić information content (AvgIpc) is 3.18. The van der Waals surface area contributed by atoms with Crippen molar-refractivity contribution in [3.05, 3.63) is 70.4 Å². The molecule has 4 aromatic rings. The smallest absolute Gasteiger partial charge is 0.350 e. The molecule has 126 valence electrons. The number of para-hydroxylation sites is 1. The molecule has 0 spiro atoms. The maximum absolute atomic E-state index is 12.4. The minimum atomic E-state index is -0.0691. The summed E-state index contributed by atoms with van der Waals surface area (Å²) in [7, 11) is 0. The molecule has 6 nitrogen and oxygen atoms in total. The van der Waals surface area contributed by atoms with E-state index in [1.807, 2.05) is 18.2 Å². The molecule has 5 rings (SSSR count). The Bertz CT molecular complexity index is 1120. The molecule has 1 aliphatic rings. The summed E-state index contributed by atoms with van der Waals surface area (Å²) in [6.45, 7) is 3.35. The Kier molecular flexibility index (Phi) is 3.24. The highest BCUT2D eigenvalue weighted by Crippen LogP contribution is 2.27. The second-order valence-electron chi connectivity index (χ2n) is 6.59. The Morgan fingerprint density at radius 1 is 1.08 bits per heavy atom. The molecular weight excluding hydrogens is 314 g/mol. The zero-order valence-corrected chi connectivity index (χ0v) is 13.9. The summed E-state index contributed by atoms with van der Waals surface area (Å²) in [5, 5.41) is 5.73. The van der Waals surface area contributed by atoms with Gasteiger partial charge in [0.15, 0.2) is 5.65 Å². The van der Waals surface area contributed by atoms with Crippen molar-refractivity contribution < 1.29 is 0 Å². The third kappa shape index (κ3) is 2.37. The summed E-state index contributed by atoms with van der Waals surface area (Å²) in [6.07, 6.45) is 2.78. The fourth-order valence-corrected chi connectivity index (χ4v) is 3.76. The number of fused-ring (bicyclic) bond motifs is 4. The van der Waals surface area contributed by atoms with Gasteiger partial charge >= 0.3 is 5.69 Å². The van der Waals surface area contributed by atoms with Gasteiger partial charge < -0.3 is 4.98 Å². The first-order valence-electron chi connectivity index (χ1n) is 8.64. The van der Waals surface area contributed by atoms with E-state index in [2.05, 4.69) is 39.2 Å². The highest BCUT2D eigenvalue weighted by atomic mass is 16.2. The summed E-state index contributed by atoms with van der Waals surface area (Å²) in [5.74, 6) is 0. The monoisotopic (exact) mass is 333 g/mol. The van der Waals surface area contributed by atoms with Crippen molar-refractivity contribution in [1.29, 1.82) is 0 Å². The van der Waals surface area contributed by atoms with Crippen LogP contribution in [0.15, 0.2) is 53.5 Å². The lowest BCUT2D eigenvalue weighted by Crippen LogP contribution is -2.35. The first-order valence-corrected chi connectivity index (χ1v) is 8.64. The maximum atomic E-state index is 12.4. The maximum Gasteiger partial charge on any atom is 0.350 e. The van der Waals surface area contributed by atoms with Crippen LogP contribution >= 0.6 is 0 Å². The predicted octanol–water partition coefficient (Wildman–Crippen LogP) is 2.04. The Labute approximate surface area is 144 Å². The average molecular weight is 333 g/mol. The molecule has 4 heterocycles. The van der Waals surface area contributed by atoms with Gasteiger partial charge in [-0.1, -0.05) is 24.3 Å². The van der Waals surface area contributed by atoms with E-state index >= 15 is 0 Å². The van der Waals surface area contributed by atoms with Crippen molar-refractivity contribution in [2.45, 2.75) is 19.5 Å². The molecule has 1 aromatic carbocycles. The number of aromatic amines is 1. The zero-order chi connectivity index (χ0) is 16.8. The van der Waals surface area contributed by atoms with E-state index < -0.39 is 0 Å². The molecule has 1 N–H and O–H groups in total. The predicted molar refractivity (Wildman–Crippen MR) is 96.7 cm³/mol. The minimum Gasteiger partial charge on any atom is -0.358 e. The Morgan fingerprint density at radius 2 is 1.96 bits per heavy atom. The molecular formula is C19H19N5O. The van der Waals surface area contributed by atoms with Gasteiger partial charge in [0.05, 0.1) is 6.54 Å². The zero-order valence-electron chi connectivity index (χ0n) is 13.9. The highest BCUT2D eigenvalue weighted by molar-refractivity contribution is 5.84. The molecule has 0 aliphatic carbocycles. The van der Waals surface area contributed by atoms with Gasteiger partial charge in [-0.25, -0.2) is 9.48 Å². The Balaban J connectivity index is 1.37. The molecule has 0 radical (unpaired) electrons. The van der Waals surface area contributed by atoms with E-state index in [1.165, 1.54) is 22.2 Å². The number of H-pyrrole nitrogens is 1. The van der Waals surface area contributed by atoms with Gasteiger partial charge in [-0.2, -0.15) is 0 Å². The first kappa shape index (κ1) is 14.5. The number of nitrogens with zero attached hydrogens (tertiary/aromatic N) is 4. The van der Waals surface area contributed by atoms with Gasteiger partial charge in [0.2, 0.25) is 0 Å². The second kappa shape index (κ2) is 5.60. The van der Waals surface area contributed by atoms with Crippen LogP contribution in [0.2, 0.25) is 0 Å². The Hall–Kier alpha value is -2.86. The Morgan fingerprint density at radius 3 is 2.88 bits per heavy atom. The molecule has 0 unspecified atom stereocenters. The van der Waals surface area contributed by atoms with Crippen molar-refractivity contribution in [2.75, 3.05) is 13.1 Å². The standard InChI is InChI=1S/C19H19N5O/c25-19-23-9-4-3-7-18(23)21-24(19)12-11-22-10-8-17-15(13-22)14-5-1-2-6-16(14)20-17/h1-7,9,20H,8,10-13H2. The quantitative estimate of drug-likeness (QED) is 0.624. The lowest BCUT2D eigenvalue weighted by molar-refractivity contribution is 0.239. The number of aromatic nitrogens is 4. The van der Waals surface area contributed by atoms with Crippen LogP contribution in [0.3, 0.4) is 0 Å². The van der Waals surface area contributed by atoms with Crippen LogP contribution in [0.5, 0.6) is 0 Å². The van der Waals surface area contributed by atoms with Gasteiger partial charge in [0.25, 0.3) is 0 Å². The first-order chi connectivity index (χ1) is 12.3. The van der Waals surface area contributed by atoms with Crippen LogP contribution in [0.1, 0.15) is 11.3 Å². The fourth-order valence-electron chi connectivity index (χ4n) is 3.76. The lowest BCUT2D eigenvalue weighted by atomic mass is 10.0. The summed E-state index contributed by atoms with van der Waals surface area (Å²) in [5.41, 5.74) is 4.59. The molecule has 0 atom stereocenters. The summed E-state index contributed by atoms with van der Waals surface area (Å²) in [6, 6.07) is 14.1. The van der Waals surface area contributed by atoms with Gasteiger partial charge in [-0.15, -0.1) is 5.10 Å². The normalized spacial score (nSPS) is 15.0. The second-order valence-corrected chi connectivity index (χ2v) is 6.59. The van der Waals surface area contributed by atoms with E-state index in [4.69, 9.17) is 0 Å². The molecule has 0 saturated carbocycles. The number of hydrogen-bond donors (Lipinski definition) is 1. The van der Waals surface area contributed by atoms with E-state index in [-0.39, 0.29) is 5.69 Å². The third-order valence-electron chi connectivity index (χ3n) is 5.08. The number of hydrogen-bond acceptors (Lipinski definition) is 3. The van der Waals surface area contributed by atoms with Crippen LogP contribution in [-0.2, 0) is 19.5 Å². The summed E-state index contributed by atoms with van der Waals surface area (Å²) in [4.78, 5) is 18.3. The SMILES string of the molecule is O=c1n(CCN2CCc3[nH]c4ccccc4c3C2)nc2ccccn12. The third-order valence-corrected chi connectivity index (χ3v) is 5.08. The number of benzene rings is 1. The topological polar surface area (TPSA) is 58.3 Å². The van der Waals surface area contributed by atoms with Crippen LogP contribution in [0.25, 0.3) is 16.6 Å². The van der Waals surface area contributed by atoms with E-state index in [0.717, 1.165) is 26.1 Å². The molecule has 0 saturated heterocycles. The molecule has 3 aromatic heterocycles. The van der Waals surface area contributed by atoms with Crippen LogP contribution in [0.4, 0.5) is 0 Å². The molecule has 25 heavy (non-hydrogen) atoms. The van der Waals surface area contributed by atoms with Crippen LogP contribution < -0.4 is 5.69 Å². The van der Waals surface area contributed by atoms with Crippen molar-refractivity contribution in [2.24, 2.45) is 0 Å². The van der Waals surface area contributed by atoms with Crippen molar-refractivity contribution in [3.8, 4) is 0 Å². The van der Waals surface area contributed by atoms with Crippen LogP contribution in [0, 0.1) is 0 Å². The fraction of sp³-hybridized carbons (Fsp3) is 0.263. The molecule has 0 amide bonds. The lowest BCUT2D eigenvalue weighted by Gasteiger charge is -2.26. The molecule has 6 heteroatoms. The van der Waals surface area contributed by atoms with Gasteiger partial charge in [-0.3, -0.25) is 9.30 Å². The van der Waals surface area contributed by atoms with Crippen molar-refractivity contribution >= 4 is 16.6 Å². The molecule has 1 aliphatic heterocycles. The van der Waals surface area contributed by atoms with Gasteiger partial charge in [0, 0.05) is 48.8 Å². The largest absolute Gasteiger partial charge is 0.358 e. The summed E-state index contributed by atoms with van der Waals surface area (Å²) < 4.78 is 3.16. The molecule has 0 bridgehead atoms. The van der Waals surface area contributed by atoms with Crippen molar-refractivity contribution in [3.63, 3.8) is 0 Å². The number of nitrogens with one attached hydrogen (secondary N) is 1. The summed E-state index contributed by atoms with van der Waals surface area (Å²) >= 11 is 0. The van der Waals surface area contributed by atoms with Gasteiger partial charge in [0.1, 0.15) is 0 Å². The molecule has 0 fully saturated rings.